The van der Waals surface area contributed by atoms with Crippen LogP contribution in [0.4, 0.5) is 5.69 Å². The number of methoxy groups -OCH3 is 1. The van der Waals surface area contributed by atoms with E-state index in [0.29, 0.717) is 23.9 Å². The van der Waals surface area contributed by atoms with Gasteiger partial charge in [-0.2, -0.15) is 0 Å². The Morgan fingerprint density at radius 2 is 1.84 bits per heavy atom. The van der Waals surface area contributed by atoms with Gasteiger partial charge in [0.25, 0.3) is 0 Å². The molecule has 1 saturated heterocycles. The third-order valence-corrected chi connectivity index (χ3v) is 6.41. The van der Waals surface area contributed by atoms with Gasteiger partial charge in [0.15, 0.2) is 0 Å². The molecule has 4 rings (SSSR count). The minimum atomic E-state index is -0.408. The molecule has 6 heteroatoms. The number of ether oxygens (including phenoxy) is 1. The Bertz CT molecular complexity index is 937. The van der Waals surface area contributed by atoms with Gasteiger partial charge in [-0.1, -0.05) is 37.3 Å². The molecule has 0 unspecified atom stereocenters. The number of rotatable bonds is 5. The van der Waals surface area contributed by atoms with Gasteiger partial charge in [0.1, 0.15) is 11.8 Å². The van der Waals surface area contributed by atoms with Gasteiger partial charge >= 0.3 is 0 Å². The number of nitrogens with zero attached hydrogens (tertiary/aromatic N) is 2. The number of carbonyl (C=O) groups is 2. The van der Waals surface area contributed by atoms with Crippen LogP contribution in [0.2, 0.25) is 0 Å². The number of likely N-dealkylation sites (tertiary alicyclic amines) is 1. The van der Waals surface area contributed by atoms with E-state index < -0.39 is 6.04 Å². The number of nitrogens with one attached hydrogen (secondary N) is 1. The summed E-state index contributed by atoms with van der Waals surface area (Å²) in [6.07, 6.45) is 2.91. The summed E-state index contributed by atoms with van der Waals surface area (Å²) in [5.41, 5.74) is 2.93. The second kappa shape index (κ2) is 9.52. The molecule has 31 heavy (non-hydrogen) atoms. The van der Waals surface area contributed by atoms with Crippen LogP contribution in [0.1, 0.15) is 36.9 Å². The SMILES string of the molecule is COc1cccc(NC(=O)CN2CCc3ccccc3[C@H]2C(=O)N2CCC(C)CC2)c1. The van der Waals surface area contributed by atoms with Crippen LogP contribution in [0.15, 0.2) is 48.5 Å². The van der Waals surface area contributed by atoms with Gasteiger partial charge in [0, 0.05) is 31.4 Å². The number of carbonyl (C=O) groups excluding carboxylic acids is 2. The molecule has 2 aliphatic rings. The van der Waals surface area contributed by atoms with E-state index in [1.54, 1.807) is 13.2 Å². The van der Waals surface area contributed by atoms with Crippen molar-refractivity contribution >= 4 is 17.5 Å². The number of hydrogen-bond donors (Lipinski definition) is 1. The molecular weight excluding hydrogens is 390 g/mol. The fourth-order valence-corrected chi connectivity index (χ4v) is 4.57. The fourth-order valence-electron chi connectivity index (χ4n) is 4.57. The molecule has 2 aliphatic heterocycles. The molecule has 164 valence electrons. The van der Waals surface area contributed by atoms with Gasteiger partial charge in [0.2, 0.25) is 11.8 Å². The van der Waals surface area contributed by atoms with Crippen molar-refractivity contribution in [3.05, 3.63) is 59.7 Å². The summed E-state index contributed by atoms with van der Waals surface area (Å²) < 4.78 is 5.24. The minimum Gasteiger partial charge on any atom is -0.497 e. The lowest BCUT2D eigenvalue weighted by Gasteiger charge is -2.40. The Hall–Kier alpha value is -2.86. The standard InChI is InChI=1S/C25H31N3O3/c1-18-10-13-27(14-11-18)25(30)24-22-9-4-3-6-19(22)12-15-28(24)17-23(29)26-20-7-5-8-21(16-20)31-2/h3-9,16,18,24H,10-15,17H2,1-2H3,(H,26,29)/t24-/m0/s1. The molecule has 0 saturated carbocycles. The van der Waals surface area contributed by atoms with E-state index in [1.165, 1.54) is 5.56 Å². The Labute approximate surface area is 184 Å². The normalized spacial score (nSPS) is 19.5. The minimum absolute atomic E-state index is 0.119. The lowest BCUT2D eigenvalue weighted by Crippen LogP contribution is -2.50. The molecule has 1 fully saturated rings. The second-order valence-electron chi connectivity index (χ2n) is 8.61. The summed E-state index contributed by atoms with van der Waals surface area (Å²) >= 11 is 0. The van der Waals surface area contributed by atoms with Crippen LogP contribution in [-0.4, -0.2) is 54.9 Å². The van der Waals surface area contributed by atoms with Crippen molar-refractivity contribution in [3.8, 4) is 5.75 Å². The summed E-state index contributed by atoms with van der Waals surface area (Å²) in [6, 6.07) is 15.0. The molecular formula is C25H31N3O3. The van der Waals surface area contributed by atoms with Gasteiger partial charge in [-0.05, 0) is 48.4 Å². The molecule has 2 heterocycles. The highest BCUT2D eigenvalue weighted by Gasteiger charge is 2.37. The molecule has 0 aromatic heterocycles. The lowest BCUT2D eigenvalue weighted by atomic mass is 9.90. The highest BCUT2D eigenvalue weighted by atomic mass is 16.5. The van der Waals surface area contributed by atoms with Crippen molar-refractivity contribution < 1.29 is 14.3 Å². The predicted molar refractivity (Wildman–Crippen MR) is 121 cm³/mol. The van der Waals surface area contributed by atoms with Crippen molar-refractivity contribution in [2.24, 2.45) is 5.92 Å². The largest absolute Gasteiger partial charge is 0.497 e. The van der Waals surface area contributed by atoms with Crippen LogP contribution in [-0.2, 0) is 16.0 Å². The summed E-state index contributed by atoms with van der Waals surface area (Å²) in [4.78, 5) is 30.5. The average molecular weight is 422 g/mol. The zero-order valence-corrected chi connectivity index (χ0v) is 18.3. The van der Waals surface area contributed by atoms with E-state index in [9.17, 15) is 9.59 Å². The first-order valence-corrected chi connectivity index (χ1v) is 11.1. The number of piperidine rings is 1. The third kappa shape index (κ3) is 4.90. The van der Waals surface area contributed by atoms with E-state index in [4.69, 9.17) is 4.74 Å². The summed E-state index contributed by atoms with van der Waals surface area (Å²) in [6.45, 7) is 4.69. The van der Waals surface area contributed by atoms with Gasteiger partial charge in [-0.25, -0.2) is 0 Å². The highest BCUT2D eigenvalue weighted by molar-refractivity contribution is 5.93. The molecule has 2 aromatic carbocycles. The fraction of sp³-hybridized carbons (Fsp3) is 0.440. The first kappa shape index (κ1) is 21.4. The molecule has 1 atom stereocenters. The van der Waals surface area contributed by atoms with Crippen LogP contribution < -0.4 is 10.1 Å². The van der Waals surface area contributed by atoms with Gasteiger partial charge in [-0.3, -0.25) is 14.5 Å². The van der Waals surface area contributed by atoms with Crippen LogP contribution in [0.5, 0.6) is 5.75 Å². The maximum Gasteiger partial charge on any atom is 0.244 e. The van der Waals surface area contributed by atoms with E-state index in [0.717, 1.165) is 37.9 Å². The monoisotopic (exact) mass is 421 g/mol. The first-order valence-electron chi connectivity index (χ1n) is 11.1. The quantitative estimate of drug-likeness (QED) is 0.803. The number of anilines is 1. The van der Waals surface area contributed by atoms with E-state index >= 15 is 0 Å². The van der Waals surface area contributed by atoms with Gasteiger partial charge < -0.3 is 15.0 Å². The Morgan fingerprint density at radius 3 is 2.61 bits per heavy atom. The van der Waals surface area contributed by atoms with Crippen molar-refractivity contribution in [2.75, 3.05) is 38.6 Å². The van der Waals surface area contributed by atoms with Crippen molar-refractivity contribution in [3.63, 3.8) is 0 Å². The maximum absolute atomic E-state index is 13.6. The van der Waals surface area contributed by atoms with Gasteiger partial charge in [-0.15, -0.1) is 0 Å². The van der Waals surface area contributed by atoms with Crippen molar-refractivity contribution in [1.82, 2.24) is 9.80 Å². The second-order valence-corrected chi connectivity index (χ2v) is 8.61. The molecule has 2 amide bonds. The van der Waals surface area contributed by atoms with Crippen LogP contribution in [0.25, 0.3) is 0 Å². The highest BCUT2D eigenvalue weighted by Crippen LogP contribution is 2.32. The molecule has 0 radical (unpaired) electrons. The molecule has 0 spiro atoms. The topological polar surface area (TPSA) is 61.9 Å². The molecule has 0 aliphatic carbocycles. The zero-order chi connectivity index (χ0) is 21.8. The van der Waals surface area contributed by atoms with E-state index in [1.807, 2.05) is 46.2 Å². The Morgan fingerprint density at radius 1 is 1.06 bits per heavy atom. The zero-order valence-electron chi connectivity index (χ0n) is 18.3. The summed E-state index contributed by atoms with van der Waals surface area (Å²) in [7, 11) is 1.60. The third-order valence-electron chi connectivity index (χ3n) is 6.41. The molecule has 0 bridgehead atoms. The van der Waals surface area contributed by atoms with Crippen molar-refractivity contribution in [2.45, 2.75) is 32.2 Å². The first-order chi connectivity index (χ1) is 15.0. The summed E-state index contributed by atoms with van der Waals surface area (Å²) in [5.74, 6) is 1.34. The van der Waals surface area contributed by atoms with E-state index in [-0.39, 0.29) is 18.4 Å². The van der Waals surface area contributed by atoms with Crippen molar-refractivity contribution in [1.29, 1.82) is 0 Å². The van der Waals surface area contributed by atoms with Crippen LogP contribution in [0, 0.1) is 5.92 Å². The number of fused-ring (bicyclic) bond motifs is 1. The molecule has 2 aromatic rings. The summed E-state index contributed by atoms with van der Waals surface area (Å²) in [5, 5.41) is 2.95. The van der Waals surface area contributed by atoms with Gasteiger partial charge in [0.05, 0.1) is 13.7 Å². The number of hydrogen-bond acceptors (Lipinski definition) is 4. The number of benzene rings is 2. The molecule has 6 nitrogen and oxygen atoms in total. The average Bonchev–Trinajstić information content (AvgIpc) is 2.79. The van der Waals surface area contributed by atoms with Crippen LogP contribution in [0.3, 0.4) is 0 Å². The molecule has 1 N–H and O–H groups in total. The Balaban J connectivity index is 1.52. The van der Waals surface area contributed by atoms with Crippen LogP contribution >= 0.6 is 0 Å². The number of amides is 2. The predicted octanol–water partition coefficient (Wildman–Crippen LogP) is 3.49. The Kier molecular flexibility index (Phi) is 6.56. The maximum atomic E-state index is 13.6. The lowest BCUT2D eigenvalue weighted by molar-refractivity contribution is -0.139. The smallest absolute Gasteiger partial charge is 0.244 e. The van der Waals surface area contributed by atoms with E-state index in [2.05, 4.69) is 18.3 Å².